The Kier molecular flexibility index (Phi) is 3.07. The second-order valence-corrected chi connectivity index (χ2v) is 5.03. The molecule has 0 bridgehead atoms. The van der Waals surface area contributed by atoms with Crippen molar-refractivity contribution in [3.8, 4) is 5.75 Å². The van der Waals surface area contributed by atoms with E-state index in [-0.39, 0.29) is 11.6 Å². The number of ether oxygens (including phenoxy) is 1. The van der Waals surface area contributed by atoms with Crippen molar-refractivity contribution in [3.05, 3.63) is 64.2 Å². The van der Waals surface area contributed by atoms with E-state index >= 15 is 0 Å². The smallest absolute Gasteiger partial charge is 0.178 e. The molecule has 2 aromatic carbocycles. The number of hydrogen-bond donors (Lipinski definition) is 0. The number of carbonyl (C=O) groups excluding carboxylic acids is 2. The Morgan fingerprint density at radius 3 is 2.15 bits per heavy atom. The van der Waals surface area contributed by atoms with Gasteiger partial charge in [0.1, 0.15) is 11.7 Å². The third kappa shape index (κ3) is 1.82. The molecule has 100 valence electrons. The molecule has 0 fully saturated rings. The van der Waals surface area contributed by atoms with Crippen LogP contribution < -0.4 is 4.74 Å². The van der Waals surface area contributed by atoms with Crippen LogP contribution in [0.3, 0.4) is 0 Å². The van der Waals surface area contributed by atoms with E-state index in [1.165, 1.54) is 7.11 Å². The summed E-state index contributed by atoms with van der Waals surface area (Å²) in [7, 11) is 1.49. The standard InChI is InChI=1S/C16H11ClO3/c1-20-13-8-9(17)6-7-12(13)14-15(18)10-4-2-3-5-11(10)16(14)19/h2-8,14H,1H3. The van der Waals surface area contributed by atoms with Gasteiger partial charge in [-0.1, -0.05) is 41.9 Å². The van der Waals surface area contributed by atoms with Crippen molar-refractivity contribution in [2.24, 2.45) is 0 Å². The molecule has 0 N–H and O–H groups in total. The maximum Gasteiger partial charge on any atom is 0.178 e. The zero-order valence-corrected chi connectivity index (χ0v) is 11.5. The fraction of sp³-hybridized carbons (Fsp3) is 0.125. The van der Waals surface area contributed by atoms with Crippen molar-refractivity contribution in [2.75, 3.05) is 7.11 Å². The largest absolute Gasteiger partial charge is 0.496 e. The van der Waals surface area contributed by atoms with Crippen molar-refractivity contribution in [3.63, 3.8) is 0 Å². The summed E-state index contributed by atoms with van der Waals surface area (Å²) in [5, 5.41) is 0.501. The number of carbonyl (C=O) groups is 2. The van der Waals surface area contributed by atoms with Crippen LogP contribution in [-0.4, -0.2) is 18.7 Å². The van der Waals surface area contributed by atoms with Crippen LogP contribution in [0.2, 0.25) is 5.02 Å². The molecule has 0 saturated carbocycles. The van der Waals surface area contributed by atoms with Crippen molar-refractivity contribution in [1.82, 2.24) is 0 Å². The van der Waals surface area contributed by atoms with Gasteiger partial charge < -0.3 is 4.74 Å². The lowest BCUT2D eigenvalue weighted by molar-refractivity contribution is 0.0888. The monoisotopic (exact) mass is 286 g/mol. The minimum Gasteiger partial charge on any atom is -0.496 e. The Hall–Kier alpha value is -2.13. The predicted molar refractivity (Wildman–Crippen MR) is 75.8 cm³/mol. The van der Waals surface area contributed by atoms with Crippen LogP contribution in [0.5, 0.6) is 5.75 Å². The number of hydrogen-bond acceptors (Lipinski definition) is 3. The average Bonchev–Trinajstić information content (AvgIpc) is 2.72. The lowest BCUT2D eigenvalue weighted by Crippen LogP contribution is -2.14. The van der Waals surface area contributed by atoms with Gasteiger partial charge >= 0.3 is 0 Å². The van der Waals surface area contributed by atoms with E-state index in [2.05, 4.69) is 0 Å². The third-order valence-corrected chi connectivity index (χ3v) is 3.72. The normalized spacial score (nSPS) is 14.5. The predicted octanol–water partition coefficient (Wildman–Crippen LogP) is 3.51. The Morgan fingerprint density at radius 2 is 1.60 bits per heavy atom. The molecule has 2 aromatic rings. The second kappa shape index (κ2) is 4.76. The Bertz CT molecular complexity index is 686. The van der Waals surface area contributed by atoms with Gasteiger partial charge in [0.2, 0.25) is 0 Å². The van der Waals surface area contributed by atoms with E-state index in [4.69, 9.17) is 16.3 Å². The molecule has 0 aliphatic heterocycles. The van der Waals surface area contributed by atoms with Gasteiger partial charge in [0.05, 0.1) is 7.11 Å². The molecule has 0 aromatic heterocycles. The summed E-state index contributed by atoms with van der Waals surface area (Å²) >= 11 is 5.91. The number of Topliss-reactive ketones (excluding diaryl/α,β-unsaturated/α-hetero) is 2. The van der Waals surface area contributed by atoms with E-state index in [0.29, 0.717) is 27.5 Å². The van der Waals surface area contributed by atoms with E-state index in [1.54, 1.807) is 42.5 Å². The summed E-state index contributed by atoms with van der Waals surface area (Å²) in [4.78, 5) is 24.9. The van der Waals surface area contributed by atoms with Crippen molar-refractivity contribution in [1.29, 1.82) is 0 Å². The molecule has 4 heteroatoms. The van der Waals surface area contributed by atoms with Gasteiger partial charge in [-0.05, 0) is 12.1 Å². The first-order chi connectivity index (χ1) is 9.63. The average molecular weight is 287 g/mol. The topological polar surface area (TPSA) is 43.4 Å². The molecule has 0 heterocycles. The second-order valence-electron chi connectivity index (χ2n) is 4.59. The van der Waals surface area contributed by atoms with Crippen molar-refractivity contribution < 1.29 is 14.3 Å². The minimum atomic E-state index is -0.834. The zero-order valence-electron chi connectivity index (χ0n) is 10.7. The zero-order chi connectivity index (χ0) is 14.3. The van der Waals surface area contributed by atoms with Crippen LogP contribution in [-0.2, 0) is 0 Å². The fourth-order valence-electron chi connectivity index (χ4n) is 2.55. The van der Waals surface area contributed by atoms with Crippen LogP contribution in [0, 0.1) is 0 Å². The lowest BCUT2D eigenvalue weighted by Gasteiger charge is -2.12. The molecule has 1 aliphatic carbocycles. The first-order valence-corrected chi connectivity index (χ1v) is 6.52. The quantitative estimate of drug-likeness (QED) is 0.794. The molecule has 0 amide bonds. The van der Waals surface area contributed by atoms with Gasteiger partial charge in [-0.2, -0.15) is 0 Å². The number of rotatable bonds is 2. The van der Waals surface area contributed by atoms with Gasteiger partial charge in [-0.3, -0.25) is 9.59 Å². The molecular formula is C16H11ClO3. The van der Waals surface area contributed by atoms with Crippen LogP contribution in [0.4, 0.5) is 0 Å². The Morgan fingerprint density at radius 1 is 1.00 bits per heavy atom. The molecule has 0 spiro atoms. The maximum atomic E-state index is 12.5. The van der Waals surface area contributed by atoms with Gasteiger partial charge in [-0.15, -0.1) is 0 Å². The van der Waals surface area contributed by atoms with Crippen LogP contribution in [0.25, 0.3) is 0 Å². The van der Waals surface area contributed by atoms with Crippen LogP contribution in [0.15, 0.2) is 42.5 Å². The molecule has 0 saturated heterocycles. The number of benzene rings is 2. The SMILES string of the molecule is COc1cc(Cl)ccc1C1C(=O)c2ccccc2C1=O. The van der Waals surface area contributed by atoms with E-state index in [9.17, 15) is 9.59 Å². The molecule has 0 unspecified atom stereocenters. The number of ketones is 2. The van der Waals surface area contributed by atoms with E-state index in [0.717, 1.165) is 0 Å². The lowest BCUT2D eigenvalue weighted by atomic mass is 9.93. The molecule has 3 nitrogen and oxygen atoms in total. The maximum absolute atomic E-state index is 12.5. The molecule has 20 heavy (non-hydrogen) atoms. The van der Waals surface area contributed by atoms with Gasteiger partial charge in [0.15, 0.2) is 11.6 Å². The fourth-order valence-corrected chi connectivity index (χ4v) is 2.71. The molecule has 0 atom stereocenters. The molecule has 0 radical (unpaired) electrons. The molecule has 1 aliphatic rings. The van der Waals surface area contributed by atoms with Crippen molar-refractivity contribution >= 4 is 23.2 Å². The summed E-state index contributed by atoms with van der Waals surface area (Å²) < 4.78 is 5.25. The first kappa shape index (κ1) is 12.9. The number of halogens is 1. The van der Waals surface area contributed by atoms with Gasteiger partial charge in [0, 0.05) is 21.7 Å². The number of methoxy groups -OCH3 is 1. The molecule has 3 rings (SSSR count). The van der Waals surface area contributed by atoms with E-state index < -0.39 is 5.92 Å². The first-order valence-electron chi connectivity index (χ1n) is 6.14. The summed E-state index contributed by atoms with van der Waals surface area (Å²) in [6.45, 7) is 0. The van der Waals surface area contributed by atoms with E-state index in [1.807, 2.05) is 0 Å². The van der Waals surface area contributed by atoms with Crippen molar-refractivity contribution in [2.45, 2.75) is 5.92 Å². The highest BCUT2D eigenvalue weighted by atomic mass is 35.5. The van der Waals surface area contributed by atoms with Crippen LogP contribution in [0.1, 0.15) is 32.2 Å². The van der Waals surface area contributed by atoms with Gasteiger partial charge in [-0.25, -0.2) is 0 Å². The highest BCUT2D eigenvalue weighted by molar-refractivity contribution is 6.31. The summed E-state index contributed by atoms with van der Waals surface area (Å²) in [5.41, 5.74) is 1.50. The third-order valence-electron chi connectivity index (χ3n) is 3.49. The molecular weight excluding hydrogens is 276 g/mol. The summed E-state index contributed by atoms with van der Waals surface area (Å²) in [5.74, 6) is -0.755. The van der Waals surface area contributed by atoms with Gasteiger partial charge in [0.25, 0.3) is 0 Å². The summed E-state index contributed by atoms with van der Waals surface area (Å²) in [6, 6.07) is 11.8. The number of fused-ring (bicyclic) bond motifs is 1. The minimum absolute atomic E-state index is 0.189. The highest BCUT2D eigenvalue weighted by Crippen LogP contribution is 2.38. The van der Waals surface area contributed by atoms with Crippen LogP contribution >= 0.6 is 11.6 Å². The Labute approximate surface area is 121 Å². The highest BCUT2D eigenvalue weighted by Gasteiger charge is 2.40. The summed E-state index contributed by atoms with van der Waals surface area (Å²) in [6.07, 6.45) is 0. The Balaban J connectivity index is 2.14.